The number of nitrogens with zero attached hydrogens (tertiary/aromatic N) is 6. The fraction of sp³-hybridized carbons (Fsp3) is 0.304. The Hall–Kier alpha value is -5.62. The van der Waals surface area contributed by atoms with Crippen LogP contribution in [-0.4, -0.2) is 72.0 Å². The van der Waals surface area contributed by atoms with Crippen molar-refractivity contribution < 1.29 is 12.6 Å². The number of piperazine rings is 2. The maximum atomic E-state index is 10.7. The SMILES string of the molecule is CCC#N.C[C@@H](CN1CCN(c2ccc(C#N)cc2Cl)C(c2ccc(Cl)cc2)C1)c1ccccc1.C[C@@H](COS(C)(=O)=O)c1ccccc1.N#Cc1ccc(N2CCNCC2c2ccc(Cl)cc2)c(Cl)c1. The van der Waals surface area contributed by atoms with Crippen LogP contribution in [0.4, 0.5) is 11.4 Å². The molecule has 6 aromatic carbocycles. The number of halogens is 4. The van der Waals surface area contributed by atoms with Crippen LogP contribution < -0.4 is 15.1 Å². The molecule has 0 spiro atoms. The third-order valence-corrected chi connectivity index (χ3v) is 13.6. The first-order valence-corrected chi connectivity index (χ1v) is 26.6. The molecule has 15 heteroatoms. The second kappa shape index (κ2) is 28.4. The zero-order valence-electron chi connectivity index (χ0n) is 40.4. The summed E-state index contributed by atoms with van der Waals surface area (Å²) in [7, 11) is -3.33. The summed E-state index contributed by atoms with van der Waals surface area (Å²) in [6.07, 6.45) is 1.69. The van der Waals surface area contributed by atoms with Crippen molar-refractivity contribution in [2.45, 2.75) is 51.1 Å². The minimum atomic E-state index is -3.33. The van der Waals surface area contributed by atoms with Gasteiger partial charge in [-0.25, -0.2) is 0 Å². The predicted molar refractivity (Wildman–Crippen MR) is 291 cm³/mol. The normalized spacial score (nSPS) is 16.4. The summed E-state index contributed by atoms with van der Waals surface area (Å²) >= 11 is 25.1. The third kappa shape index (κ3) is 17.6. The Morgan fingerprint density at radius 2 is 1.11 bits per heavy atom. The molecule has 2 aliphatic rings. The largest absolute Gasteiger partial charge is 0.361 e. The Morgan fingerprint density at radius 1 is 0.648 bits per heavy atom. The molecule has 0 radical (unpaired) electrons. The van der Waals surface area contributed by atoms with Crippen molar-refractivity contribution in [2.75, 3.05) is 68.5 Å². The summed E-state index contributed by atoms with van der Waals surface area (Å²) in [5.41, 5.74) is 7.93. The van der Waals surface area contributed by atoms with Crippen molar-refractivity contribution in [3.8, 4) is 18.2 Å². The van der Waals surface area contributed by atoms with Crippen LogP contribution in [0.3, 0.4) is 0 Å². The molecule has 0 aromatic heterocycles. The van der Waals surface area contributed by atoms with E-state index in [4.69, 9.17) is 61.1 Å². The zero-order chi connectivity index (χ0) is 51.3. The van der Waals surface area contributed by atoms with Crippen LogP contribution in [0.2, 0.25) is 20.1 Å². The highest BCUT2D eigenvalue weighted by atomic mass is 35.5. The summed E-state index contributed by atoms with van der Waals surface area (Å²) in [6.45, 7) is 12.6. The second-order valence-electron chi connectivity index (χ2n) is 17.2. The topological polar surface area (TPSA) is 136 Å². The molecule has 8 rings (SSSR count). The molecular weight excluding hydrogens is 993 g/mol. The zero-order valence-corrected chi connectivity index (χ0v) is 44.2. The van der Waals surface area contributed by atoms with E-state index in [1.807, 2.05) is 111 Å². The van der Waals surface area contributed by atoms with Gasteiger partial charge in [-0.1, -0.05) is 152 Å². The maximum absolute atomic E-state index is 10.7. The van der Waals surface area contributed by atoms with E-state index in [1.54, 1.807) is 12.1 Å². The van der Waals surface area contributed by atoms with Crippen LogP contribution in [0.5, 0.6) is 0 Å². The van der Waals surface area contributed by atoms with E-state index in [0.29, 0.717) is 33.5 Å². The number of anilines is 2. The van der Waals surface area contributed by atoms with Crippen LogP contribution in [0.15, 0.2) is 146 Å². The lowest BCUT2D eigenvalue weighted by atomic mass is 9.97. The van der Waals surface area contributed by atoms with Crippen LogP contribution in [0.25, 0.3) is 0 Å². The summed E-state index contributed by atoms with van der Waals surface area (Å²) < 4.78 is 26.2. The van der Waals surface area contributed by atoms with Crippen LogP contribution in [0, 0.1) is 34.0 Å². The lowest BCUT2D eigenvalue weighted by Gasteiger charge is -2.44. The molecule has 4 atom stereocenters. The van der Waals surface area contributed by atoms with E-state index in [1.165, 1.54) is 16.7 Å². The van der Waals surface area contributed by atoms with Crippen LogP contribution in [-0.2, 0) is 14.3 Å². The molecule has 370 valence electrons. The number of benzene rings is 6. The van der Waals surface area contributed by atoms with Gasteiger partial charge in [0.15, 0.2) is 0 Å². The molecule has 2 heterocycles. The first-order valence-electron chi connectivity index (χ1n) is 23.3. The number of nitriles is 3. The Balaban J connectivity index is 0.000000204. The minimum Gasteiger partial charge on any atom is -0.361 e. The first kappa shape index (κ1) is 56.3. The molecule has 0 aliphatic carbocycles. The molecule has 1 N–H and O–H groups in total. The van der Waals surface area contributed by atoms with Gasteiger partial charge < -0.3 is 15.1 Å². The highest BCUT2D eigenvalue weighted by Crippen LogP contribution is 2.37. The minimum absolute atomic E-state index is 0.0888. The van der Waals surface area contributed by atoms with Gasteiger partial charge in [0, 0.05) is 68.2 Å². The maximum Gasteiger partial charge on any atom is 0.264 e. The van der Waals surface area contributed by atoms with Gasteiger partial charge in [0.25, 0.3) is 10.1 Å². The summed E-state index contributed by atoms with van der Waals surface area (Å²) in [4.78, 5) is 7.17. The predicted octanol–water partition coefficient (Wildman–Crippen LogP) is 13.2. The molecule has 0 amide bonds. The number of rotatable bonds is 11. The first-order chi connectivity index (χ1) is 34.1. The molecule has 2 fully saturated rings. The average Bonchev–Trinajstić information content (AvgIpc) is 3.39. The molecule has 10 nitrogen and oxygen atoms in total. The van der Waals surface area contributed by atoms with Crippen molar-refractivity contribution in [1.29, 1.82) is 15.8 Å². The monoisotopic (exact) mass is 1050 g/mol. The van der Waals surface area contributed by atoms with Gasteiger partial charge in [0.2, 0.25) is 0 Å². The third-order valence-electron chi connectivity index (χ3n) is 11.9. The van der Waals surface area contributed by atoms with E-state index in [-0.39, 0.29) is 24.6 Å². The molecule has 0 saturated carbocycles. The highest BCUT2D eigenvalue weighted by molar-refractivity contribution is 7.86. The van der Waals surface area contributed by atoms with E-state index in [2.05, 4.69) is 81.5 Å². The fourth-order valence-corrected chi connectivity index (χ4v) is 9.52. The van der Waals surface area contributed by atoms with E-state index >= 15 is 0 Å². The molecule has 2 aliphatic heterocycles. The van der Waals surface area contributed by atoms with Crippen molar-refractivity contribution in [2.24, 2.45) is 0 Å². The average molecular weight is 1050 g/mol. The molecule has 0 bridgehead atoms. The quantitative estimate of drug-likeness (QED) is 0.125. The van der Waals surface area contributed by atoms with Crippen LogP contribution in [0.1, 0.15) is 84.5 Å². The van der Waals surface area contributed by atoms with E-state index in [9.17, 15) is 13.7 Å². The number of hydrogen-bond acceptors (Lipinski definition) is 10. The van der Waals surface area contributed by atoms with E-state index in [0.717, 1.165) is 79.1 Å². The Morgan fingerprint density at radius 3 is 1.56 bits per heavy atom. The smallest absolute Gasteiger partial charge is 0.264 e. The summed E-state index contributed by atoms with van der Waals surface area (Å²) in [6, 6.07) is 53.9. The number of nitrogens with one attached hydrogen (secondary N) is 1. The standard InChI is InChI=1S/C26H25Cl2N3.C17H15Cl2N3.C10H14O3S.C3H5N/c1-19(21-5-3-2-4-6-21)17-30-13-14-31(25-12-7-20(16-29)15-24(25)28)26(18-30)22-8-10-23(27)11-9-22;18-14-4-2-13(3-5-14)17-11-21-7-8-22(17)16-6-1-12(10-20)9-15(16)19;1-9(8-13-14(2,11)12)10-6-4-3-5-7-10;1-2-3-4/h2-12,15,19,26H,13-14,17-18H2,1H3;1-6,9,17,21H,7-8,11H2;3-7,9H,8H2,1-2H3;2H2,1H3/t19-,26?;;9-;/m0.0./s1. The van der Waals surface area contributed by atoms with Gasteiger partial charge in [-0.05, 0) is 88.8 Å². The summed E-state index contributed by atoms with van der Waals surface area (Å²) in [5, 5.41) is 31.9. The van der Waals surface area contributed by atoms with Gasteiger partial charge in [0.05, 0.1) is 75.7 Å². The Kier molecular flexibility index (Phi) is 22.5. The second-order valence-corrected chi connectivity index (χ2v) is 20.5. The van der Waals surface area contributed by atoms with Crippen molar-refractivity contribution in [3.63, 3.8) is 0 Å². The van der Waals surface area contributed by atoms with Gasteiger partial charge in [0.1, 0.15) is 0 Å². The van der Waals surface area contributed by atoms with Gasteiger partial charge in [-0.15, -0.1) is 0 Å². The lowest BCUT2D eigenvalue weighted by molar-refractivity contribution is 0.214. The Labute approximate surface area is 440 Å². The van der Waals surface area contributed by atoms with Crippen molar-refractivity contribution in [1.82, 2.24) is 10.2 Å². The molecule has 2 unspecified atom stereocenters. The molecule has 6 aromatic rings. The van der Waals surface area contributed by atoms with E-state index < -0.39 is 10.1 Å². The molecular formula is C56H59Cl4N7O3S. The van der Waals surface area contributed by atoms with Crippen molar-refractivity contribution in [3.05, 3.63) is 199 Å². The highest BCUT2D eigenvalue weighted by Gasteiger charge is 2.31. The van der Waals surface area contributed by atoms with Crippen LogP contribution >= 0.6 is 46.4 Å². The molecule has 2 saturated heterocycles. The number of hydrogen-bond donors (Lipinski definition) is 1. The van der Waals surface area contributed by atoms with Gasteiger partial charge in [-0.3, -0.25) is 9.08 Å². The lowest BCUT2D eigenvalue weighted by Crippen LogP contribution is -2.49. The molecule has 71 heavy (non-hydrogen) atoms. The van der Waals surface area contributed by atoms with Gasteiger partial charge >= 0.3 is 0 Å². The summed E-state index contributed by atoms with van der Waals surface area (Å²) in [5.74, 6) is 0.544. The Bertz CT molecular complexity index is 2840. The van der Waals surface area contributed by atoms with Crippen molar-refractivity contribution >= 4 is 67.9 Å². The van der Waals surface area contributed by atoms with Gasteiger partial charge in [-0.2, -0.15) is 24.2 Å². The fourth-order valence-electron chi connectivity index (χ4n) is 8.24.